The van der Waals surface area contributed by atoms with Gasteiger partial charge in [-0.3, -0.25) is 0 Å². The molecule has 0 heterocycles. The summed E-state index contributed by atoms with van der Waals surface area (Å²) in [7, 11) is 0. The minimum absolute atomic E-state index is 0.158. The fraction of sp³-hybridized carbons (Fsp3) is 0.300. The number of carbonyl (C=O) groups is 1. The third-order valence-corrected chi connectivity index (χ3v) is 1.82. The number of esters is 1. The third kappa shape index (κ3) is 3.00. The fourth-order valence-corrected chi connectivity index (χ4v) is 1.17. The minimum Gasteiger partial charge on any atom is -0.462 e. The zero-order chi connectivity index (χ0) is 11.1. The van der Waals surface area contributed by atoms with Crippen LogP contribution >= 0.6 is 0 Å². The minimum atomic E-state index is -0.388. The highest BCUT2D eigenvalue weighted by atomic mass is 16.5. The van der Waals surface area contributed by atoms with Crippen molar-refractivity contribution in [2.75, 3.05) is 6.61 Å². The van der Waals surface area contributed by atoms with Crippen molar-refractivity contribution < 1.29 is 9.53 Å². The first-order chi connectivity index (χ1) is 7.29. The Hall–Kier alpha value is -2.00. The van der Waals surface area contributed by atoms with Gasteiger partial charge in [-0.1, -0.05) is 23.3 Å². The van der Waals surface area contributed by atoms with Gasteiger partial charge in [0.05, 0.1) is 18.7 Å². The van der Waals surface area contributed by atoms with Crippen molar-refractivity contribution in [2.24, 2.45) is 5.11 Å². The van der Waals surface area contributed by atoms with E-state index in [4.69, 9.17) is 10.3 Å². The molecule has 0 aromatic heterocycles. The van der Waals surface area contributed by atoms with E-state index >= 15 is 0 Å². The molecule has 0 radical (unpaired) electrons. The van der Waals surface area contributed by atoms with Gasteiger partial charge in [-0.25, -0.2) is 4.79 Å². The average Bonchev–Trinajstić information content (AvgIpc) is 2.27. The second kappa shape index (κ2) is 5.67. The summed E-state index contributed by atoms with van der Waals surface area (Å²) in [6.45, 7) is 2.23. The monoisotopic (exact) mass is 205 g/mol. The first-order valence-corrected chi connectivity index (χ1v) is 4.55. The van der Waals surface area contributed by atoms with Crippen molar-refractivity contribution >= 4 is 5.97 Å². The lowest BCUT2D eigenvalue weighted by Crippen LogP contribution is -2.07. The third-order valence-electron chi connectivity index (χ3n) is 1.82. The van der Waals surface area contributed by atoms with Crippen LogP contribution in [0.15, 0.2) is 29.4 Å². The predicted molar refractivity (Wildman–Crippen MR) is 55.2 cm³/mol. The molecule has 0 unspecified atom stereocenters. The van der Waals surface area contributed by atoms with Crippen molar-refractivity contribution in [2.45, 2.75) is 13.5 Å². The zero-order valence-corrected chi connectivity index (χ0v) is 8.38. The highest BCUT2D eigenvalue weighted by Gasteiger charge is 2.10. The van der Waals surface area contributed by atoms with Crippen LogP contribution in [0.1, 0.15) is 22.8 Å². The Morgan fingerprint density at radius 2 is 2.27 bits per heavy atom. The first-order valence-electron chi connectivity index (χ1n) is 4.55. The fourth-order valence-electron chi connectivity index (χ4n) is 1.17. The van der Waals surface area contributed by atoms with Gasteiger partial charge >= 0.3 is 5.97 Å². The van der Waals surface area contributed by atoms with Crippen LogP contribution in [0.4, 0.5) is 0 Å². The van der Waals surface area contributed by atoms with Crippen LogP contribution in [0.3, 0.4) is 0 Å². The van der Waals surface area contributed by atoms with Crippen LogP contribution in [0, 0.1) is 0 Å². The molecular formula is C10H11N3O2. The van der Waals surface area contributed by atoms with Crippen LogP contribution in [0.2, 0.25) is 0 Å². The molecule has 1 aromatic carbocycles. The maximum atomic E-state index is 11.5. The predicted octanol–water partition coefficient (Wildman–Crippen LogP) is 2.67. The van der Waals surface area contributed by atoms with Gasteiger partial charge in [-0.05, 0) is 24.1 Å². The smallest absolute Gasteiger partial charge is 0.338 e. The molecular weight excluding hydrogens is 194 g/mol. The van der Waals surface area contributed by atoms with Gasteiger partial charge in [0.25, 0.3) is 0 Å². The second-order valence-corrected chi connectivity index (χ2v) is 2.77. The molecule has 0 amide bonds. The summed E-state index contributed by atoms with van der Waals surface area (Å²) < 4.78 is 4.87. The van der Waals surface area contributed by atoms with Crippen LogP contribution in [0.5, 0.6) is 0 Å². The first kappa shape index (κ1) is 11.1. The lowest BCUT2D eigenvalue weighted by atomic mass is 10.1. The summed E-state index contributed by atoms with van der Waals surface area (Å²) in [5.74, 6) is -0.388. The molecule has 0 fully saturated rings. The Morgan fingerprint density at radius 3 is 2.93 bits per heavy atom. The Bertz CT molecular complexity index is 397. The summed E-state index contributed by atoms with van der Waals surface area (Å²) in [5, 5.41) is 3.42. The Labute approximate surface area is 87.3 Å². The van der Waals surface area contributed by atoms with Gasteiger partial charge in [0.2, 0.25) is 0 Å². The Morgan fingerprint density at radius 1 is 1.53 bits per heavy atom. The van der Waals surface area contributed by atoms with Gasteiger partial charge in [0.15, 0.2) is 0 Å². The van der Waals surface area contributed by atoms with Gasteiger partial charge < -0.3 is 4.74 Å². The largest absolute Gasteiger partial charge is 0.462 e. The van der Waals surface area contributed by atoms with E-state index < -0.39 is 0 Å². The SMILES string of the molecule is CCOC(=O)c1ccccc1CN=[N+]=[N-]. The number of hydrogen-bond acceptors (Lipinski definition) is 3. The molecule has 5 nitrogen and oxygen atoms in total. The van der Waals surface area contributed by atoms with Gasteiger partial charge in [0.1, 0.15) is 0 Å². The number of ether oxygens (including phenoxy) is 1. The van der Waals surface area contributed by atoms with E-state index in [-0.39, 0.29) is 12.5 Å². The highest BCUT2D eigenvalue weighted by molar-refractivity contribution is 5.91. The van der Waals surface area contributed by atoms with E-state index in [1.54, 1.807) is 31.2 Å². The van der Waals surface area contributed by atoms with Gasteiger partial charge in [-0.2, -0.15) is 0 Å². The van der Waals surface area contributed by atoms with Crippen molar-refractivity contribution in [1.82, 2.24) is 0 Å². The average molecular weight is 205 g/mol. The van der Waals surface area contributed by atoms with E-state index in [0.29, 0.717) is 17.7 Å². The number of hydrogen-bond donors (Lipinski definition) is 0. The Kier molecular flexibility index (Phi) is 4.19. The van der Waals surface area contributed by atoms with Crippen LogP contribution in [-0.4, -0.2) is 12.6 Å². The maximum absolute atomic E-state index is 11.5. The van der Waals surface area contributed by atoms with Crippen molar-refractivity contribution in [3.05, 3.63) is 45.8 Å². The summed E-state index contributed by atoms with van der Waals surface area (Å²) in [6, 6.07) is 6.91. The van der Waals surface area contributed by atoms with Crippen LogP contribution < -0.4 is 0 Å². The van der Waals surface area contributed by atoms with E-state index in [0.717, 1.165) is 0 Å². The lowest BCUT2D eigenvalue weighted by molar-refractivity contribution is 0.0525. The molecule has 0 aliphatic rings. The van der Waals surface area contributed by atoms with E-state index in [9.17, 15) is 4.79 Å². The van der Waals surface area contributed by atoms with Crippen LogP contribution in [-0.2, 0) is 11.3 Å². The molecule has 5 heteroatoms. The number of carbonyl (C=O) groups excluding carboxylic acids is 1. The molecule has 15 heavy (non-hydrogen) atoms. The molecule has 0 aliphatic carbocycles. The standard InChI is InChI=1S/C10H11N3O2/c1-2-15-10(14)9-6-4-3-5-8(9)7-12-13-11/h3-6H,2,7H2,1H3. The number of nitrogens with zero attached hydrogens (tertiary/aromatic N) is 3. The maximum Gasteiger partial charge on any atom is 0.338 e. The molecule has 0 atom stereocenters. The normalized spacial score (nSPS) is 9.13. The summed E-state index contributed by atoms with van der Waals surface area (Å²) >= 11 is 0. The highest BCUT2D eigenvalue weighted by Crippen LogP contribution is 2.11. The summed E-state index contributed by atoms with van der Waals surface area (Å²) in [4.78, 5) is 14.1. The lowest BCUT2D eigenvalue weighted by Gasteiger charge is -2.05. The van der Waals surface area contributed by atoms with E-state index in [1.165, 1.54) is 0 Å². The summed E-state index contributed by atoms with van der Waals surface area (Å²) in [6.07, 6.45) is 0. The number of rotatable bonds is 4. The number of azide groups is 1. The van der Waals surface area contributed by atoms with Crippen molar-refractivity contribution in [1.29, 1.82) is 0 Å². The quantitative estimate of drug-likeness (QED) is 0.328. The van der Waals surface area contributed by atoms with Crippen molar-refractivity contribution in [3.8, 4) is 0 Å². The second-order valence-electron chi connectivity index (χ2n) is 2.77. The summed E-state index contributed by atoms with van der Waals surface area (Å²) in [5.41, 5.74) is 9.33. The van der Waals surface area contributed by atoms with Crippen molar-refractivity contribution in [3.63, 3.8) is 0 Å². The topological polar surface area (TPSA) is 75.1 Å². The number of benzene rings is 1. The van der Waals surface area contributed by atoms with Gasteiger partial charge in [0, 0.05) is 4.91 Å². The molecule has 0 N–H and O–H groups in total. The molecule has 0 aliphatic heterocycles. The van der Waals surface area contributed by atoms with E-state index in [1.807, 2.05) is 0 Å². The zero-order valence-electron chi connectivity index (χ0n) is 8.38. The molecule has 1 rings (SSSR count). The van der Waals surface area contributed by atoms with Gasteiger partial charge in [-0.15, -0.1) is 0 Å². The molecule has 78 valence electrons. The molecule has 0 spiro atoms. The van der Waals surface area contributed by atoms with E-state index in [2.05, 4.69) is 10.0 Å². The Balaban J connectivity index is 2.94. The molecule has 0 saturated heterocycles. The molecule has 0 saturated carbocycles. The van der Waals surface area contributed by atoms with Crippen LogP contribution in [0.25, 0.3) is 10.4 Å². The molecule has 1 aromatic rings. The molecule has 0 bridgehead atoms.